The first-order chi connectivity index (χ1) is 11.6. The van der Waals surface area contributed by atoms with E-state index in [4.69, 9.17) is 0 Å². The van der Waals surface area contributed by atoms with Gasteiger partial charge in [-0.25, -0.2) is 8.42 Å². The fraction of sp³-hybridized carbons (Fsp3) is 0.238. The largest absolute Gasteiger partial charge is 0.228 e. The Labute approximate surface area is 141 Å². The smallest absolute Gasteiger partial charge is 0.159 e. The van der Waals surface area contributed by atoms with E-state index in [0.717, 1.165) is 12.8 Å². The molecule has 0 aliphatic carbocycles. The summed E-state index contributed by atoms with van der Waals surface area (Å²) in [6, 6.07) is 19.1. The molecule has 2 aliphatic rings. The van der Waals surface area contributed by atoms with Gasteiger partial charge in [0.15, 0.2) is 9.84 Å². The molecule has 2 aliphatic heterocycles. The molecule has 2 heterocycles. The highest BCUT2D eigenvalue weighted by atomic mass is 32.2. The molecule has 2 nitrogen and oxygen atoms in total. The van der Waals surface area contributed by atoms with Gasteiger partial charge in [-0.15, -0.1) is 0 Å². The predicted molar refractivity (Wildman–Crippen MR) is 99.8 cm³/mol. The molecule has 120 valence electrons. The molecule has 3 aromatic rings. The second kappa shape index (κ2) is 4.93. The van der Waals surface area contributed by atoms with E-state index in [1.54, 1.807) is 0 Å². The summed E-state index contributed by atoms with van der Waals surface area (Å²) in [4.78, 5) is 0. The van der Waals surface area contributed by atoms with Gasteiger partial charge in [0.1, 0.15) is 0 Å². The fourth-order valence-corrected chi connectivity index (χ4v) is 6.59. The van der Waals surface area contributed by atoms with E-state index in [2.05, 4.69) is 54.6 Å². The third kappa shape index (κ3) is 1.91. The molecular weight excluding hydrogens is 316 g/mol. The zero-order chi connectivity index (χ0) is 16.3. The van der Waals surface area contributed by atoms with Gasteiger partial charge < -0.3 is 0 Å². The summed E-state index contributed by atoms with van der Waals surface area (Å²) in [5.41, 5.74) is 2.45. The van der Waals surface area contributed by atoms with E-state index in [0.29, 0.717) is 6.42 Å². The van der Waals surface area contributed by atoms with Crippen LogP contribution in [-0.4, -0.2) is 18.9 Å². The van der Waals surface area contributed by atoms with E-state index in [9.17, 15) is 8.42 Å². The highest BCUT2D eigenvalue weighted by molar-refractivity contribution is 7.93. The van der Waals surface area contributed by atoms with Crippen LogP contribution in [0.2, 0.25) is 0 Å². The lowest BCUT2D eigenvalue weighted by Gasteiger charge is -2.23. The molecule has 3 aromatic carbocycles. The van der Waals surface area contributed by atoms with Crippen LogP contribution in [-0.2, 0) is 9.84 Å². The molecule has 0 spiro atoms. The van der Waals surface area contributed by atoms with Crippen LogP contribution >= 0.6 is 0 Å². The van der Waals surface area contributed by atoms with Gasteiger partial charge in [0.2, 0.25) is 0 Å². The van der Waals surface area contributed by atoms with Gasteiger partial charge in [-0.3, -0.25) is 0 Å². The molecule has 5 rings (SSSR count). The summed E-state index contributed by atoms with van der Waals surface area (Å²) < 4.78 is 24.9. The number of fused-ring (bicyclic) bond motifs is 4. The Hall–Kier alpha value is -2.13. The Bertz CT molecular complexity index is 1060. The van der Waals surface area contributed by atoms with E-state index in [-0.39, 0.29) is 10.5 Å². The topological polar surface area (TPSA) is 34.1 Å². The van der Waals surface area contributed by atoms with E-state index < -0.39 is 9.84 Å². The molecule has 0 N–H and O–H groups in total. The first-order valence-electron chi connectivity index (χ1n) is 8.49. The molecule has 3 heteroatoms. The number of hydrogen-bond acceptors (Lipinski definition) is 2. The maximum atomic E-state index is 12.4. The number of allylic oxidation sites excluding steroid dienone is 1. The minimum atomic E-state index is -2.95. The quantitative estimate of drug-likeness (QED) is 0.603. The van der Waals surface area contributed by atoms with Crippen LogP contribution < -0.4 is 0 Å². The zero-order valence-corrected chi connectivity index (χ0v) is 14.1. The summed E-state index contributed by atoms with van der Waals surface area (Å²) in [6.07, 6.45) is 4.26. The van der Waals surface area contributed by atoms with Crippen molar-refractivity contribution in [3.8, 4) is 0 Å². The normalized spacial score (nSPS) is 25.1. The first kappa shape index (κ1) is 14.2. The third-order valence-corrected chi connectivity index (χ3v) is 8.13. The van der Waals surface area contributed by atoms with Crippen molar-refractivity contribution in [1.29, 1.82) is 0 Å². The molecule has 0 amide bonds. The molecule has 2 bridgehead atoms. The Morgan fingerprint density at radius 2 is 1.46 bits per heavy atom. The van der Waals surface area contributed by atoms with Crippen molar-refractivity contribution in [3.63, 3.8) is 0 Å². The van der Waals surface area contributed by atoms with Crippen LogP contribution in [0.4, 0.5) is 0 Å². The molecule has 24 heavy (non-hydrogen) atoms. The van der Waals surface area contributed by atoms with E-state index in [1.165, 1.54) is 32.7 Å². The summed E-state index contributed by atoms with van der Waals surface area (Å²) in [7, 11) is -2.95. The lowest BCUT2D eigenvalue weighted by Crippen LogP contribution is -2.26. The molecule has 0 saturated carbocycles. The van der Waals surface area contributed by atoms with Crippen LogP contribution in [0.1, 0.15) is 24.8 Å². The van der Waals surface area contributed by atoms with Crippen LogP contribution in [0.25, 0.3) is 27.1 Å². The molecule has 1 saturated heterocycles. The second-order valence-electron chi connectivity index (χ2n) is 6.92. The number of hydrogen-bond donors (Lipinski definition) is 0. The predicted octanol–water partition coefficient (Wildman–Crippen LogP) is 4.73. The second-order valence-corrected chi connectivity index (χ2v) is 9.37. The molecule has 1 fully saturated rings. The Balaban J connectivity index is 1.86. The van der Waals surface area contributed by atoms with Crippen molar-refractivity contribution in [2.75, 3.05) is 0 Å². The van der Waals surface area contributed by atoms with Crippen molar-refractivity contribution < 1.29 is 8.42 Å². The standard InChI is InChI=1S/C21H18O2S/c22-24(23)17-9-10-18(24)13-16(12-17)21-19-7-3-1-5-14(19)11-15-6-2-4-8-20(15)21/h1-8,11-12,17-18H,9-10,13H2. The van der Waals surface area contributed by atoms with Crippen LogP contribution in [0.5, 0.6) is 0 Å². The average molecular weight is 334 g/mol. The van der Waals surface area contributed by atoms with Crippen molar-refractivity contribution in [2.45, 2.75) is 29.8 Å². The Morgan fingerprint density at radius 1 is 0.833 bits per heavy atom. The van der Waals surface area contributed by atoms with Crippen molar-refractivity contribution >= 4 is 37.0 Å². The maximum Gasteiger partial charge on any atom is 0.159 e. The SMILES string of the molecule is O=S1(=O)C2C=C(c3c4ccccc4cc4ccccc34)CC1CC2. The zero-order valence-electron chi connectivity index (χ0n) is 13.3. The molecule has 0 aromatic heterocycles. The number of sulfone groups is 1. The average Bonchev–Trinajstić information content (AvgIpc) is 2.78. The lowest BCUT2D eigenvalue weighted by atomic mass is 9.90. The van der Waals surface area contributed by atoms with Crippen molar-refractivity contribution in [2.24, 2.45) is 0 Å². The monoisotopic (exact) mass is 334 g/mol. The molecule has 2 unspecified atom stereocenters. The summed E-state index contributed by atoms with van der Waals surface area (Å²) in [5, 5.41) is 4.40. The minimum absolute atomic E-state index is 0.194. The van der Waals surface area contributed by atoms with Crippen LogP contribution in [0.3, 0.4) is 0 Å². The lowest BCUT2D eigenvalue weighted by molar-refractivity contribution is 0.585. The van der Waals surface area contributed by atoms with Gasteiger partial charge in [-0.05, 0) is 58.0 Å². The minimum Gasteiger partial charge on any atom is -0.228 e. The van der Waals surface area contributed by atoms with E-state index in [1.807, 2.05) is 6.08 Å². The van der Waals surface area contributed by atoms with E-state index >= 15 is 0 Å². The summed E-state index contributed by atoms with van der Waals surface area (Å²) in [5.74, 6) is 0. The number of rotatable bonds is 1. The van der Waals surface area contributed by atoms with Crippen molar-refractivity contribution in [1.82, 2.24) is 0 Å². The highest BCUT2D eigenvalue weighted by Gasteiger charge is 2.43. The van der Waals surface area contributed by atoms with Gasteiger partial charge in [0.05, 0.1) is 10.5 Å². The fourth-order valence-electron chi connectivity index (χ4n) is 4.41. The number of benzene rings is 3. The third-order valence-electron chi connectivity index (χ3n) is 5.59. The van der Waals surface area contributed by atoms with Gasteiger partial charge >= 0.3 is 0 Å². The van der Waals surface area contributed by atoms with Gasteiger partial charge in [0.25, 0.3) is 0 Å². The Kier molecular flexibility index (Phi) is 2.93. The molecule has 0 radical (unpaired) electrons. The van der Waals surface area contributed by atoms with Gasteiger partial charge in [-0.1, -0.05) is 54.6 Å². The first-order valence-corrected chi connectivity index (χ1v) is 10.1. The highest BCUT2D eigenvalue weighted by Crippen LogP contribution is 2.44. The molecular formula is C21H18O2S. The maximum absolute atomic E-state index is 12.4. The summed E-state index contributed by atoms with van der Waals surface area (Å²) in [6.45, 7) is 0. The molecule has 2 atom stereocenters. The van der Waals surface area contributed by atoms with Gasteiger partial charge in [0, 0.05) is 0 Å². The Morgan fingerprint density at radius 3 is 2.08 bits per heavy atom. The summed E-state index contributed by atoms with van der Waals surface area (Å²) >= 11 is 0. The van der Waals surface area contributed by atoms with Gasteiger partial charge in [-0.2, -0.15) is 0 Å². The van der Waals surface area contributed by atoms with Crippen LogP contribution in [0, 0.1) is 0 Å². The van der Waals surface area contributed by atoms with Crippen LogP contribution in [0.15, 0.2) is 60.7 Å². The van der Waals surface area contributed by atoms with Crippen molar-refractivity contribution in [3.05, 3.63) is 66.2 Å².